The molecule has 1 N–H and O–H groups in total. The van der Waals surface area contributed by atoms with Crippen LogP contribution in [0, 0.1) is 5.92 Å². The average Bonchev–Trinajstić information content (AvgIpc) is 3.08. The lowest BCUT2D eigenvalue weighted by Gasteiger charge is -2.29. The summed E-state index contributed by atoms with van der Waals surface area (Å²) in [6.07, 6.45) is 5.26. The van der Waals surface area contributed by atoms with Crippen molar-refractivity contribution < 1.29 is 14.7 Å². The maximum atomic E-state index is 11.2. The first kappa shape index (κ1) is 18.1. The summed E-state index contributed by atoms with van der Waals surface area (Å²) in [4.78, 5) is 23.2. The van der Waals surface area contributed by atoms with E-state index in [2.05, 4.69) is 15.0 Å². The number of likely N-dealkylation sites (tertiary alicyclic amines) is 1. The Morgan fingerprint density at radius 1 is 1.38 bits per heavy atom. The predicted octanol–water partition coefficient (Wildman–Crippen LogP) is 1.99. The molecule has 7 nitrogen and oxygen atoms in total. The van der Waals surface area contributed by atoms with Gasteiger partial charge in [0.1, 0.15) is 6.61 Å². The molecule has 1 aliphatic rings. The van der Waals surface area contributed by atoms with E-state index < -0.39 is 5.97 Å². The molecule has 0 bridgehead atoms. The number of aliphatic carboxylic acids is 1. The number of aromatic nitrogens is 2. The third-order valence-corrected chi connectivity index (χ3v) is 4.59. The van der Waals surface area contributed by atoms with Crippen LogP contribution in [0.5, 0.6) is 0 Å². The standard InChI is InChI=1S/C19H24N4O3/c1-22-11-9-20-18(22)17(15-6-3-2-4-7-15)21-26-13-12-23-10-5-8-16(14-23)19(24)25/h2-4,6-7,9,11,16H,5,8,10,12-14H2,1H3,(H,24,25)/b21-17+. The second kappa shape index (κ2) is 8.62. The molecule has 3 rings (SSSR count). The van der Waals surface area contributed by atoms with Gasteiger partial charge < -0.3 is 14.5 Å². The van der Waals surface area contributed by atoms with Gasteiger partial charge in [0.05, 0.1) is 5.92 Å². The zero-order valence-electron chi connectivity index (χ0n) is 14.9. The molecule has 26 heavy (non-hydrogen) atoms. The van der Waals surface area contributed by atoms with Gasteiger partial charge in [0.25, 0.3) is 0 Å². The SMILES string of the molecule is Cn1ccnc1/C(=N/OCCN1CCCC(C(=O)O)C1)c1ccccc1. The molecule has 7 heteroatoms. The van der Waals surface area contributed by atoms with Crippen molar-refractivity contribution in [3.63, 3.8) is 0 Å². The van der Waals surface area contributed by atoms with Crippen LogP contribution in [0.25, 0.3) is 0 Å². The molecule has 1 saturated heterocycles. The fourth-order valence-electron chi connectivity index (χ4n) is 3.15. The molecule has 138 valence electrons. The molecule has 1 fully saturated rings. The van der Waals surface area contributed by atoms with Crippen LogP contribution in [-0.4, -0.2) is 57.5 Å². The lowest BCUT2D eigenvalue weighted by Crippen LogP contribution is -2.40. The lowest BCUT2D eigenvalue weighted by molar-refractivity contribution is -0.143. The molecule has 1 aromatic heterocycles. The maximum absolute atomic E-state index is 11.2. The summed E-state index contributed by atoms with van der Waals surface area (Å²) in [7, 11) is 1.92. The van der Waals surface area contributed by atoms with E-state index in [0.29, 0.717) is 25.4 Å². The highest BCUT2D eigenvalue weighted by atomic mass is 16.6. The average molecular weight is 356 g/mol. The summed E-state index contributed by atoms with van der Waals surface area (Å²) in [5.41, 5.74) is 1.62. The molecule has 0 spiro atoms. The van der Waals surface area contributed by atoms with Crippen molar-refractivity contribution in [3.05, 3.63) is 54.1 Å². The summed E-state index contributed by atoms with van der Waals surface area (Å²) >= 11 is 0. The third-order valence-electron chi connectivity index (χ3n) is 4.59. The molecule has 0 radical (unpaired) electrons. The van der Waals surface area contributed by atoms with E-state index in [1.165, 1.54) is 0 Å². The van der Waals surface area contributed by atoms with Gasteiger partial charge in [-0.3, -0.25) is 9.69 Å². The minimum Gasteiger partial charge on any atom is -0.481 e. The fraction of sp³-hybridized carbons (Fsp3) is 0.421. The van der Waals surface area contributed by atoms with Gasteiger partial charge in [0, 0.05) is 38.1 Å². The van der Waals surface area contributed by atoms with E-state index in [4.69, 9.17) is 9.94 Å². The molecule has 0 amide bonds. The van der Waals surface area contributed by atoms with Crippen LogP contribution in [0.15, 0.2) is 47.9 Å². The van der Waals surface area contributed by atoms with Crippen LogP contribution in [-0.2, 0) is 16.7 Å². The van der Waals surface area contributed by atoms with E-state index in [0.717, 1.165) is 30.8 Å². The van der Waals surface area contributed by atoms with E-state index in [9.17, 15) is 4.79 Å². The number of carbonyl (C=O) groups is 1. The van der Waals surface area contributed by atoms with Crippen molar-refractivity contribution in [1.29, 1.82) is 0 Å². The van der Waals surface area contributed by atoms with Gasteiger partial charge in [-0.1, -0.05) is 35.5 Å². The molecule has 1 unspecified atom stereocenters. The Morgan fingerprint density at radius 3 is 2.88 bits per heavy atom. The number of piperidine rings is 1. The van der Waals surface area contributed by atoms with Crippen LogP contribution in [0.1, 0.15) is 24.2 Å². The molecule has 1 atom stereocenters. The smallest absolute Gasteiger partial charge is 0.307 e. The number of oxime groups is 1. The summed E-state index contributed by atoms with van der Waals surface area (Å²) < 4.78 is 1.90. The number of hydrogen-bond acceptors (Lipinski definition) is 5. The van der Waals surface area contributed by atoms with E-state index in [1.807, 2.05) is 48.1 Å². The predicted molar refractivity (Wildman–Crippen MR) is 98.0 cm³/mol. The van der Waals surface area contributed by atoms with E-state index in [-0.39, 0.29) is 5.92 Å². The highest BCUT2D eigenvalue weighted by molar-refractivity contribution is 6.10. The molecule has 0 aliphatic carbocycles. The minimum atomic E-state index is -0.713. The fourth-order valence-corrected chi connectivity index (χ4v) is 3.15. The van der Waals surface area contributed by atoms with Crippen LogP contribution < -0.4 is 0 Å². The van der Waals surface area contributed by atoms with Crippen molar-refractivity contribution in [1.82, 2.24) is 14.5 Å². The topological polar surface area (TPSA) is 80.0 Å². The number of hydrogen-bond donors (Lipinski definition) is 1. The first-order valence-corrected chi connectivity index (χ1v) is 8.83. The molecule has 1 aromatic carbocycles. The molecule has 1 aliphatic heterocycles. The monoisotopic (exact) mass is 356 g/mol. The van der Waals surface area contributed by atoms with Crippen molar-refractivity contribution >= 4 is 11.7 Å². The van der Waals surface area contributed by atoms with Gasteiger partial charge in [0.2, 0.25) is 0 Å². The Bertz CT molecular complexity index is 757. The number of nitrogens with zero attached hydrogens (tertiary/aromatic N) is 4. The Balaban J connectivity index is 1.63. The van der Waals surface area contributed by atoms with Crippen molar-refractivity contribution in [2.45, 2.75) is 12.8 Å². The number of aryl methyl sites for hydroxylation is 1. The molecular formula is C19H24N4O3. The first-order chi connectivity index (χ1) is 12.6. The second-order valence-corrected chi connectivity index (χ2v) is 6.48. The summed E-state index contributed by atoms with van der Waals surface area (Å²) in [5, 5.41) is 13.5. The zero-order valence-corrected chi connectivity index (χ0v) is 14.9. The Kier molecular flexibility index (Phi) is 6.01. The van der Waals surface area contributed by atoms with E-state index in [1.54, 1.807) is 6.20 Å². The minimum absolute atomic E-state index is 0.278. The zero-order chi connectivity index (χ0) is 18.4. The van der Waals surface area contributed by atoms with Crippen LogP contribution >= 0.6 is 0 Å². The molecule has 2 aromatic rings. The molecule has 0 saturated carbocycles. The van der Waals surface area contributed by atoms with Gasteiger partial charge in [-0.05, 0) is 19.4 Å². The van der Waals surface area contributed by atoms with Gasteiger partial charge in [-0.15, -0.1) is 0 Å². The maximum Gasteiger partial charge on any atom is 0.307 e. The number of carboxylic acids is 1. The number of imidazole rings is 1. The number of benzene rings is 1. The van der Waals surface area contributed by atoms with Gasteiger partial charge in [-0.25, -0.2) is 4.98 Å². The summed E-state index contributed by atoms with van der Waals surface area (Å²) in [6.45, 7) is 2.55. The quantitative estimate of drug-likeness (QED) is 0.466. The molecular weight excluding hydrogens is 332 g/mol. The lowest BCUT2D eigenvalue weighted by atomic mass is 9.98. The largest absolute Gasteiger partial charge is 0.481 e. The van der Waals surface area contributed by atoms with Crippen LogP contribution in [0.4, 0.5) is 0 Å². The third kappa shape index (κ3) is 4.49. The van der Waals surface area contributed by atoms with Crippen molar-refractivity contribution in [2.24, 2.45) is 18.1 Å². The number of rotatable bonds is 7. The summed E-state index contributed by atoms with van der Waals surface area (Å²) in [5.74, 6) is -0.255. The normalized spacial score (nSPS) is 18.7. The highest BCUT2D eigenvalue weighted by Gasteiger charge is 2.25. The number of carboxylic acid groups (broad SMARTS) is 1. The van der Waals surface area contributed by atoms with Gasteiger partial charge in [-0.2, -0.15) is 0 Å². The van der Waals surface area contributed by atoms with Crippen LogP contribution in [0.3, 0.4) is 0 Å². The summed E-state index contributed by atoms with van der Waals surface area (Å²) in [6, 6.07) is 9.80. The van der Waals surface area contributed by atoms with Crippen LogP contribution in [0.2, 0.25) is 0 Å². The van der Waals surface area contributed by atoms with E-state index >= 15 is 0 Å². The Hall–Kier alpha value is -2.67. The Labute approximate surface area is 152 Å². The second-order valence-electron chi connectivity index (χ2n) is 6.48. The first-order valence-electron chi connectivity index (χ1n) is 8.83. The van der Waals surface area contributed by atoms with Gasteiger partial charge in [0.15, 0.2) is 11.5 Å². The van der Waals surface area contributed by atoms with Crippen molar-refractivity contribution in [2.75, 3.05) is 26.2 Å². The molecule has 2 heterocycles. The highest BCUT2D eigenvalue weighted by Crippen LogP contribution is 2.16. The van der Waals surface area contributed by atoms with Gasteiger partial charge >= 0.3 is 5.97 Å². The van der Waals surface area contributed by atoms with Crippen molar-refractivity contribution in [3.8, 4) is 0 Å². The Morgan fingerprint density at radius 2 is 2.19 bits per heavy atom.